The van der Waals surface area contributed by atoms with E-state index in [1.54, 1.807) is 6.07 Å². The molecule has 0 aliphatic carbocycles. The number of benzene rings is 1. The molecule has 80 valence electrons. The van der Waals surface area contributed by atoms with Crippen LogP contribution in [-0.4, -0.2) is 16.1 Å². The van der Waals surface area contributed by atoms with Crippen LogP contribution in [-0.2, 0) is 13.0 Å². The predicted octanol–water partition coefficient (Wildman–Crippen LogP) is 1.70. The zero-order chi connectivity index (χ0) is 10.8. The largest absolute Gasteiger partial charge is 0.329 e. The number of imidazole rings is 1. The fourth-order valence-corrected chi connectivity index (χ4v) is 1.79. The van der Waals surface area contributed by atoms with Gasteiger partial charge in [0.15, 0.2) is 0 Å². The highest BCUT2D eigenvalue weighted by Crippen LogP contribution is 2.17. The lowest BCUT2D eigenvalue weighted by Crippen LogP contribution is -2.12. The molecule has 2 aromatic rings. The molecule has 0 fully saturated rings. The van der Waals surface area contributed by atoms with E-state index in [1.165, 1.54) is 12.1 Å². The van der Waals surface area contributed by atoms with Crippen LogP contribution < -0.4 is 5.73 Å². The van der Waals surface area contributed by atoms with Gasteiger partial charge in [0.2, 0.25) is 0 Å². The molecule has 0 saturated heterocycles. The van der Waals surface area contributed by atoms with Crippen LogP contribution in [0, 0.1) is 5.82 Å². The lowest BCUT2D eigenvalue weighted by Gasteiger charge is -2.05. The third kappa shape index (κ3) is 1.72. The molecule has 1 aromatic heterocycles. The Kier molecular flexibility index (Phi) is 2.68. The minimum atomic E-state index is -0.233. The third-order valence-corrected chi connectivity index (χ3v) is 2.46. The normalized spacial score (nSPS) is 11.1. The third-order valence-electron chi connectivity index (χ3n) is 2.46. The average molecular weight is 207 g/mol. The van der Waals surface area contributed by atoms with Gasteiger partial charge in [0, 0.05) is 19.5 Å². The van der Waals surface area contributed by atoms with Crippen molar-refractivity contribution in [3.8, 4) is 0 Å². The molecule has 0 saturated carbocycles. The number of rotatable bonds is 3. The minimum absolute atomic E-state index is 0.233. The molecule has 0 amide bonds. The van der Waals surface area contributed by atoms with Crippen molar-refractivity contribution in [3.63, 3.8) is 0 Å². The first-order chi connectivity index (χ1) is 7.26. The molecule has 15 heavy (non-hydrogen) atoms. The monoisotopic (exact) mass is 207 g/mol. The van der Waals surface area contributed by atoms with Crippen LogP contribution in [0.4, 0.5) is 4.39 Å². The maximum atomic E-state index is 13.1. The lowest BCUT2D eigenvalue weighted by atomic mass is 10.3. The Hall–Kier alpha value is -1.42. The van der Waals surface area contributed by atoms with Gasteiger partial charge in [-0.2, -0.15) is 0 Å². The first-order valence-corrected chi connectivity index (χ1v) is 5.11. The fourth-order valence-electron chi connectivity index (χ4n) is 1.79. The number of halogens is 1. The summed E-state index contributed by atoms with van der Waals surface area (Å²) in [5.41, 5.74) is 7.20. The molecule has 0 spiro atoms. The van der Waals surface area contributed by atoms with Gasteiger partial charge < -0.3 is 10.3 Å². The van der Waals surface area contributed by atoms with Crippen molar-refractivity contribution in [3.05, 3.63) is 29.8 Å². The van der Waals surface area contributed by atoms with Crippen molar-refractivity contribution < 1.29 is 4.39 Å². The van der Waals surface area contributed by atoms with E-state index in [0.29, 0.717) is 13.1 Å². The smallest absolute Gasteiger partial charge is 0.125 e. The fraction of sp³-hybridized carbons (Fsp3) is 0.364. The second kappa shape index (κ2) is 3.98. The summed E-state index contributed by atoms with van der Waals surface area (Å²) in [6.45, 7) is 3.25. The van der Waals surface area contributed by atoms with Crippen molar-refractivity contribution in [2.75, 3.05) is 6.54 Å². The molecule has 0 bridgehead atoms. The first kappa shape index (κ1) is 10.1. The Bertz CT molecular complexity index is 476. The molecule has 0 aliphatic heterocycles. The second-order valence-electron chi connectivity index (χ2n) is 3.45. The maximum absolute atomic E-state index is 13.1. The Morgan fingerprint density at radius 1 is 1.47 bits per heavy atom. The van der Waals surface area contributed by atoms with Crippen molar-refractivity contribution in [2.45, 2.75) is 19.9 Å². The number of aryl methyl sites for hydroxylation is 1. The summed E-state index contributed by atoms with van der Waals surface area (Å²) in [6, 6.07) is 4.65. The summed E-state index contributed by atoms with van der Waals surface area (Å²) in [4.78, 5) is 4.43. The van der Waals surface area contributed by atoms with Gasteiger partial charge in [-0.1, -0.05) is 6.92 Å². The molecule has 2 N–H and O–H groups in total. The summed E-state index contributed by atoms with van der Waals surface area (Å²) in [6.07, 6.45) is 0.830. The van der Waals surface area contributed by atoms with Gasteiger partial charge in [-0.15, -0.1) is 0 Å². The van der Waals surface area contributed by atoms with Gasteiger partial charge in [-0.3, -0.25) is 0 Å². The van der Waals surface area contributed by atoms with Crippen molar-refractivity contribution >= 4 is 11.0 Å². The van der Waals surface area contributed by atoms with Crippen LogP contribution in [0.2, 0.25) is 0 Å². The van der Waals surface area contributed by atoms with E-state index in [1.807, 2.05) is 11.5 Å². The topological polar surface area (TPSA) is 43.8 Å². The molecule has 0 radical (unpaired) electrons. The molecular weight excluding hydrogens is 193 g/mol. The van der Waals surface area contributed by atoms with E-state index < -0.39 is 0 Å². The molecular formula is C11H14FN3. The zero-order valence-corrected chi connectivity index (χ0v) is 8.70. The molecule has 3 nitrogen and oxygen atoms in total. The Labute approximate surface area is 87.7 Å². The van der Waals surface area contributed by atoms with E-state index in [2.05, 4.69) is 4.98 Å². The van der Waals surface area contributed by atoms with E-state index in [9.17, 15) is 4.39 Å². The lowest BCUT2D eigenvalue weighted by molar-refractivity contribution is 0.626. The quantitative estimate of drug-likeness (QED) is 0.832. The van der Waals surface area contributed by atoms with Crippen LogP contribution in [0.25, 0.3) is 11.0 Å². The Balaban J connectivity index is 2.65. The SMILES string of the molecule is CCc1nc2ccc(F)cc2n1CCN. The van der Waals surface area contributed by atoms with Gasteiger partial charge in [-0.25, -0.2) is 9.37 Å². The van der Waals surface area contributed by atoms with Crippen LogP contribution in [0.5, 0.6) is 0 Å². The number of fused-ring (bicyclic) bond motifs is 1. The highest BCUT2D eigenvalue weighted by atomic mass is 19.1. The molecule has 1 aromatic carbocycles. The maximum Gasteiger partial charge on any atom is 0.125 e. The van der Waals surface area contributed by atoms with Crippen molar-refractivity contribution in [1.82, 2.24) is 9.55 Å². The summed E-state index contributed by atoms with van der Waals surface area (Å²) in [5, 5.41) is 0. The minimum Gasteiger partial charge on any atom is -0.329 e. The van der Waals surface area contributed by atoms with E-state index in [4.69, 9.17) is 5.73 Å². The standard InChI is InChI=1S/C11H14FN3/c1-2-11-14-9-4-3-8(12)7-10(9)15(11)6-5-13/h3-4,7H,2,5-6,13H2,1H3. The van der Waals surface area contributed by atoms with E-state index >= 15 is 0 Å². The molecule has 0 unspecified atom stereocenters. The summed E-state index contributed by atoms with van der Waals surface area (Å²) in [5.74, 6) is 0.726. The second-order valence-corrected chi connectivity index (χ2v) is 3.45. The van der Waals surface area contributed by atoms with Crippen molar-refractivity contribution in [1.29, 1.82) is 0 Å². The number of aromatic nitrogens is 2. The average Bonchev–Trinajstić information content (AvgIpc) is 2.57. The van der Waals surface area contributed by atoms with Gasteiger partial charge in [-0.05, 0) is 18.2 Å². The summed E-state index contributed by atoms with van der Waals surface area (Å²) >= 11 is 0. The van der Waals surface area contributed by atoms with Crippen LogP contribution in [0.15, 0.2) is 18.2 Å². The van der Waals surface area contributed by atoms with Gasteiger partial charge in [0.1, 0.15) is 11.6 Å². The van der Waals surface area contributed by atoms with Crippen LogP contribution in [0.1, 0.15) is 12.7 Å². The Morgan fingerprint density at radius 2 is 2.27 bits per heavy atom. The van der Waals surface area contributed by atoms with Crippen LogP contribution in [0.3, 0.4) is 0 Å². The molecule has 2 rings (SSSR count). The van der Waals surface area contributed by atoms with Gasteiger partial charge in [0.05, 0.1) is 11.0 Å². The first-order valence-electron chi connectivity index (χ1n) is 5.11. The number of hydrogen-bond acceptors (Lipinski definition) is 2. The Morgan fingerprint density at radius 3 is 2.93 bits per heavy atom. The van der Waals surface area contributed by atoms with E-state index in [0.717, 1.165) is 23.3 Å². The van der Waals surface area contributed by atoms with Crippen LogP contribution >= 0.6 is 0 Å². The van der Waals surface area contributed by atoms with Crippen molar-refractivity contribution in [2.24, 2.45) is 5.73 Å². The molecule has 0 aliphatic rings. The molecule has 4 heteroatoms. The molecule has 1 heterocycles. The number of hydrogen-bond donors (Lipinski definition) is 1. The van der Waals surface area contributed by atoms with Gasteiger partial charge >= 0.3 is 0 Å². The van der Waals surface area contributed by atoms with Gasteiger partial charge in [0.25, 0.3) is 0 Å². The number of nitrogens with two attached hydrogens (primary N) is 1. The zero-order valence-electron chi connectivity index (χ0n) is 8.70. The highest BCUT2D eigenvalue weighted by molar-refractivity contribution is 5.76. The summed E-state index contributed by atoms with van der Waals surface area (Å²) < 4.78 is 15.1. The summed E-state index contributed by atoms with van der Waals surface area (Å²) in [7, 11) is 0. The molecule has 0 atom stereocenters. The highest BCUT2D eigenvalue weighted by Gasteiger charge is 2.08. The van der Waals surface area contributed by atoms with E-state index in [-0.39, 0.29) is 5.82 Å². The number of nitrogens with zero attached hydrogens (tertiary/aromatic N) is 2. The predicted molar refractivity (Wildman–Crippen MR) is 58.1 cm³/mol.